The molecule has 0 aliphatic heterocycles. The van der Waals surface area contributed by atoms with Crippen molar-refractivity contribution in [3.63, 3.8) is 0 Å². The van der Waals surface area contributed by atoms with Crippen LogP contribution in [0.1, 0.15) is 17.3 Å². The fourth-order valence-electron chi connectivity index (χ4n) is 4.20. The van der Waals surface area contributed by atoms with Crippen molar-refractivity contribution in [2.24, 2.45) is 0 Å². The molecule has 0 unspecified atom stereocenters. The number of rotatable bonds is 8. The molecule has 4 aromatic rings. The van der Waals surface area contributed by atoms with Gasteiger partial charge in [0, 0.05) is 5.56 Å². The summed E-state index contributed by atoms with van der Waals surface area (Å²) in [6.45, 7) is -1.34. The lowest BCUT2D eigenvalue weighted by Crippen LogP contribution is -2.41. The SMILES string of the molecule is CCOC(=O)C(C(=O)C(=O)c1ccccc1)=P(c1ccccc1)(c1ccccc1)c1ccccc1. The molecule has 0 N–H and O–H groups in total. The van der Waals surface area contributed by atoms with Gasteiger partial charge in [0.05, 0.1) is 6.61 Å². The van der Waals surface area contributed by atoms with Crippen LogP contribution in [0.5, 0.6) is 0 Å². The number of hydrogen-bond acceptors (Lipinski definition) is 4. The van der Waals surface area contributed by atoms with E-state index in [4.69, 9.17) is 4.74 Å². The van der Waals surface area contributed by atoms with Gasteiger partial charge in [0.15, 0.2) is 0 Å². The van der Waals surface area contributed by atoms with Crippen molar-refractivity contribution in [2.75, 3.05) is 6.61 Å². The minimum absolute atomic E-state index is 0.0769. The second-order valence-electron chi connectivity index (χ2n) is 7.77. The zero-order valence-electron chi connectivity index (χ0n) is 19.3. The van der Waals surface area contributed by atoms with E-state index in [1.807, 2.05) is 91.0 Å². The molecule has 0 aliphatic carbocycles. The van der Waals surface area contributed by atoms with Crippen molar-refractivity contribution >= 4 is 45.6 Å². The Labute approximate surface area is 205 Å². The number of carbonyl (C=O) groups excluding carboxylic acids is 3. The summed E-state index contributed by atoms with van der Waals surface area (Å²) in [5.41, 5.74) is 0.228. The Bertz CT molecular complexity index is 1280. The van der Waals surface area contributed by atoms with E-state index in [0.717, 1.165) is 15.9 Å². The third-order valence-corrected chi connectivity index (χ3v) is 9.97. The zero-order valence-corrected chi connectivity index (χ0v) is 20.2. The molecule has 4 nitrogen and oxygen atoms in total. The molecule has 0 spiro atoms. The number of esters is 1. The Hall–Kier alpha value is -4.01. The van der Waals surface area contributed by atoms with Crippen LogP contribution in [-0.4, -0.2) is 29.4 Å². The predicted molar refractivity (Wildman–Crippen MR) is 143 cm³/mol. The second-order valence-corrected chi connectivity index (χ2v) is 11.1. The van der Waals surface area contributed by atoms with Gasteiger partial charge in [0.25, 0.3) is 0 Å². The molecule has 4 rings (SSSR count). The summed E-state index contributed by atoms with van der Waals surface area (Å²) in [6.07, 6.45) is 0. The van der Waals surface area contributed by atoms with Gasteiger partial charge in [-0.05, 0) is 29.7 Å². The first-order chi connectivity index (χ1) is 17.1. The topological polar surface area (TPSA) is 60.4 Å². The summed E-state index contributed by atoms with van der Waals surface area (Å²) >= 11 is 0. The number of benzene rings is 4. The lowest BCUT2D eigenvalue weighted by atomic mass is 10.1. The van der Waals surface area contributed by atoms with Crippen LogP contribution in [0.25, 0.3) is 0 Å². The molecule has 0 saturated carbocycles. The van der Waals surface area contributed by atoms with E-state index >= 15 is 0 Å². The summed E-state index contributed by atoms with van der Waals surface area (Å²) in [6, 6.07) is 36.7. The maximum atomic E-state index is 14.1. The maximum Gasteiger partial charge on any atom is 0.343 e. The van der Waals surface area contributed by atoms with Crippen LogP contribution in [0, 0.1) is 0 Å². The van der Waals surface area contributed by atoms with Crippen LogP contribution >= 0.6 is 6.89 Å². The Morgan fingerprint density at radius 2 is 0.971 bits per heavy atom. The van der Waals surface area contributed by atoms with Crippen LogP contribution in [0.2, 0.25) is 0 Å². The van der Waals surface area contributed by atoms with Crippen molar-refractivity contribution < 1.29 is 19.1 Å². The van der Waals surface area contributed by atoms with E-state index < -0.39 is 24.4 Å². The van der Waals surface area contributed by atoms with Gasteiger partial charge in [-0.2, -0.15) is 0 Å². The summed E-state index contributed by atoms with van der Waals surface area (Å²) in [5, 5.41) is 2.23. The molecular formula is C30H25O4P. The highest BCUT2D eigenvalue weighted by Crippen LogP contribution is 2.46. The van der Waals surface area contributed by atoms with Gasteiger partial charge in [0.1, 0.15) is 5.29 Å². The molecule has 5 heteroatoms. The van der Waals surface area contributed by atoms with Crippen molar-refractivity contribution in [3.05, 3.63) is 127 Å². The van der Waals surface area contributed by atoms with E-state index in [2.05, 4.69) is 0 Å². The fourth-order valence-corrected chi connectivity index (χ4v) is 8.47. The molecule has 0 amide bonds. The molecule has 0 aromatic heterocycles. The Balaban J connectivity index is 2.21. The van der Waals surface area contributed by atoms with Crippen molar-refractivity contribution in [2.45, 2.75) is 6.92 Å². The van der Waals surface area contributed by atoms with Crippen LogP contribution < -0.4 is 15.9 Å². The third-order valence-electron chi connectivity index (χ3n) is 5.69. The first kappa shape index (κ1) is 24.1. The van der Waals surface area contributed by atoms with E-state index in [9.17, 15) is 14.4 Å². The quantitative estimate of drug-likeness (QED) is 0.125. The monoisotopic (exact) mass is 480 g/mol. The molecule has 0 bridgehead atoms. The molecule has 0 aliphatic rings. The third kappa shape index (κ3) is 4.66. The van der Waals surface area contributed by atoms with Crippen molar-refractivity contribution in [1.82, 2.24) is 0 Å². The Kier molecular flexibility index (Phi) is 7.54. The van der Waals surface area contributed by atoms with Gasteiger partial charge in [-0.3, -0.25) is 9.59 Å². The zero-order chi connectivity index (χ0) is 24.7. The Morgan fingerprint density at radius 1 is 0.600 bits per heavy atom. The molecular weight excluding hydrogens is 455 g/mol. The normalized spacial score (nSPS) is 10.9. The Morgan fingerprint density at radius 3 is 1.34 bits per heavy atom. The van der Waals surface area contributed by atoms with Gasteiger partial charge in [0.2, 0.25) is 11.6 Å². The summed E-state index contributed by atoms with van der Waals surface area (Å²) in [4.78, 5) is 41.2. The minimum Gasteiger partial charge on any atom is -0.462 e. The standard InChI is InChI=1S/C30H25O4P/c1-2-34-30(33)29(28(32)27(31)23-15-7-3-8-16-23)35(24-17-9-4-10-18-24,25-19-11-5-12-20-25)26-21-13-6-14-22-26/h3-22H,2H2,1H3. The highest BCUT2D eigenvalue weighted by molar-refractivity contribution is 7.98. The molecule has 0 fully saturated rings. The average molecular weight is 481 g/mol. The van der Waals surface area contributed by atoms with E-state index in [1.54, 1.807) is 37.3 Å². The molecule has 0 atom stereocenters. The van der Waals surface area contributed by atoms with Gasteiger partial charge in [-0.1, -0.05) is 121 Å². The molecule has 0 radical (unpaired) electrons. The van der Waals surface area contributed by atoms with E-state index in [-0.39, 0.29) is 17.5 Å². The predicted octanol–water partition coefficient (Wildman–Crippen LogP) is 4.17. The van der Waals surface area contributed by atoms with E-state index in [1.165, 1.54) is 0 Å². The highest BCUT2D eigenvalue weighted by Gasteiger charge is 2.40. The van der Waals surface area contributed by atoms with Gasteiger partial charge in [-0.25, -0.2) is 4.79 Å². The number of ether oxygens (including phenoxy) is 1. The lowest BCUT2D eigenvalue weighted by Gasteiger charge is -2.31. The lowest BCUT2D eigenvalue weighted by molar-refractivity contribution is -0.135. The number of hydrogen-bond donors (Lipinski definition) is 0. The highest BCUT2D eigenvalue weighted by atomic mass is 31.2. The molecule has 0 saturated heterocycles. The number of ketones is 2. The van der Waals surface area contributed by atoms with Crippen molar-refractivity contribution in [3.8, 4) is 0 Å². The van der Waals surface area contributed by atoms with Crippen LogP contribution in [0.15, 0.2) is 121 Å². The van der Waals surface area contributed by atoms with Crippen LogP contribution in [0.3, 0.4) is 0 Å². The van der Waals surface area contributed by atoms with Crippen LogP contribution in [0.4, 0.5) is 0 Å². The number of Topliss-reactive ketones (excluding diaryl/α,β-unsaturated/α-hetero) is 2. The molecule has 35 heavy (non-hydrogen) atoms. The average Bonchev–Trinajstić information content (AvgIpc) is 2.93. The second kappa shape index (κ2) is 10.9. The minimum atomic E-state index is -3.11. The smallest absolute Gasteiger partial charge is 0.343 e. The molecule has 0 heterocycles. The largest absolute Gasteiger partial charge is 0.462 e. The first-order valence-electron chi connectivity index (χ1n) is 11.3. The summed E-state index contributed by atoms with van der Waals surface area (Å²) in [7, 11) is 0. The molecule has 4 aromatic carbocycles. The van der Waals surface area contributed by atoms with E-state index in [0.29, 0.717) is 0 Å². The molecule has 174 valence electrons. The maximum absolute atomic E-state index is 14.1. The van der Waals surface area contributed by atoms with Gasteiger partial charge in [-0.15, -0.1) is 0 Å². The summed E-state index contributed by atoms with van der Waals surface area (Å²) < 4.78 is 5.46. The van der Waals surface area contributed by atoms with Crippen LogP contribution in [-0.2, 0) is 14.3 Å². The van der Waals surface area contributed by atoms with Crippen molar-refractivity contribution in [1.29, 1.82) is 0 Å². The fraction of sp³-hybridized carbons (Fsp3) is 0.0667. The first-order valence-corrected chi connectivity index (χ1v) is 13.1. The van der Waals surface area contributed by atoms with Gasteiger partial charge < -0.3 is 4.74 Å². The number of carbonyl (C=O) groups is 3. The summed E-state index contributed by atoms with van der Waals surface area (Å²) in [5.74, 6) is -2.35. The van der Waals surface area contributed by atoms with Gasteiger partial charge >= 0.3 is 5.97 Å².